The van der Waals surface area contributed by atoms with Gasteiger partial charge in [-0.25, -0.2) is 0 Å². The molecule has 1 aliphatic carbocycles. The predicted octanol–water partition coefficient (Wildman–Crippen LogP) is 3.69. The highest BCUT2D eigenvalue weighted by Crippen LogP contribution is 2.30. The van der Waals surface area contributed by atoms with Crippen LogP contribution in [0.2, 0.25) is 0 Å². The fourth-order valence-corrected chi connectivity index (χ4v) is 4.08. The predicted molar refractivity (Wildman–Crippen MR) is 79.3 cm³/mol. The molecule has 19 heavy (non-hydrogen) atoms. The molecule has 1 heterocycles. The molecule has 2 rings (SSSR count). The summed E-state index contributed by atoms with van der Waals surface area (Å²) in [6.45, 7) is 5.25. The summed E-state index contributed by atoms with van der Waals surface area (Å²) in [6, 6.07) is 0. The van der Waals surface area contributed by atoms with Crippen molar-refractivity contribution in [3.8, 4) is 0 Å². The first kappa shape index (κ1) is 14.4. The third-order valence-electron chi connectivity index (χ3n) is 3.82. The number of hydrogen-bond donors (Lipinski definition) is 1. The molecule has 0 amide bonds. The van der Waals surface area contributed by atoms with Crippen molar-refractivity contribution in [2.75, 3.05) is 5.75 Å². The topological polar surface area (TPSA) is 49.9 Å². The Morgan fingerprint density at radius 1 is 1.26 bits per heavy atom. The SMILES string of the molecule is CC(=O)c1c(C)[nH]c(C(=O)CSC2CCCC2)c1C. The number of hydrogen-bond acceptors (Lipinski definition) is 3. The van der Waals surface area contributed by atoms with E-state index in [-0.39, 0.29) is 11.6 Å². The van der Waals surface area contributed by atoms with Crippen LogP contribution in [0.25, 0.3) is 0 Å². The highest BCUT2D eigenvalue weighted by Gasteiger charge is 2.22. The number of aromatic nitrogens is 1. The monoisotopic (exact) mass is 279 g/mol. The highest BCUT2D eigenvalue weighted by atomic mass is 32.2. The van der Waals surface area contributed by atoms with Crippen molar-refractivity contribution in [3.63, 3.8) is 0 Å². The minimum atomic E-state index is 0.0220. The number of Topliss-reactive ketones (excluding diaryl/α,β-unsaturated/α-hetero) is 2. The van der Waals surface area contributed by atoms with Gasteiger partial charge >= 0.3 is 0 Å². The third kappa shape index (κ3) is 3.11. The number of ketones is 2. The molecule has 0 bridgehead atoms. The van der Waals surface area contributed by atoms with Gasteiger partial charge in [-0.3, -0.25) is 9.59 Å². The van der Waals surface area contributed by atoms with E-state index in [2.05, 4.69) is 4.98 Å². The summed E-state index contributed by atoms with van der Waals surface area (Å²) in [6.07, 6.45) is 5.06. The van der Waals surface area contributed by atoms with Gasteiger partial charge in [-0.1, -0.05) is 12.8 Å². The number of aromatic amines is 1. The first-order valence-corrected chi connectivity index (χ1v) is 7.90. The largest absolute Gasteiger partial charge is 0.355 e. The molecular weight excluding hydrogens is 258 g/mol. The highest BCUT2D eigenvalue weighted by molar-refractivity contribution is 8.00. The van der Waals surface area contributed by atoms with Crippen molar-refractivity contribution in [2.24, 2.45) is 0 Å². The van der Waals surface area contributed by atoms with Crippen LogP contribution in [-0.4, -0.2) is 27.6 Å². The Hall–Kier alpha value is -1.03. The average molecular weight is 279 g/mol. The molecule has 1 fully saturated rings. The van der Waals surface area contributed by atoms with Crippen LogP contribution in [0.5, 0.6) is 0 Å². The van der Waals surface area contributed by atoms with Crippen LogP contribution in [0.1, 0.15) is 64.7 Å². The van der Waals surface area contributed by atoms with Crippen molar-refractivity contribution >= 4 is 23.3 Å². The zero-order valence-corrected chi connectivity index (χ0v) is 12.7. The molecule has 1 aromatic heterocycles. The van der Waals surface area contributed by atoms with Gasteiger partial charge in [-0.2, -0.15) is 11.8 Å². The van der Waals surface area contributed by atoms with Gasteiger partial charge in [0.2, 0.25) is 0 Å². The molecule has 1 aliphatic rings. The summed E-state index contributed by atoms with van der Waals surface area (Å²) in [5.41, 5.74) is 2.91. The molecule has 1 N–H and O–H groups in total. The van der Waals surface area contributed by atoms with Gasteiger partial charge in [0, 0.05) is 16.5 Å². The van der Waals surface area contributed by atoms with Crippen LogP contribution < -0.4 is 0 Å². The summed E-state index contributed by atoms with van der Waals surface area (Å²) in [5.74, 6) is 0.654. The molecule has 0 aromatic carbocycles. The van der Waals surface area contributed by atoms with Crippen LogP contribution in [-0.2, 0) is 0 Å². The number of aryl methyl sites for hydroxylation is 1. The first-order valence-electron chi connectivity index (χ1n) is 6.85. The molecule has 104 valence electrons. The molecular formula is C15H21NO2S. The van der Waals surface area contributed by atoms with Gasteiger partial charge in [-0.15, -0.1) is 0 Å². The number of carbonyl (C=O) groups is 2. The zero-order chi connectivity index (χ0) is 14.0. The Bertz CT molecular complexity index is 498. The summed E-state index contributed by atoms with van der Waals surface area (Å²) in [7, 11) is 0. The maximum atomic E-state index is 12.2. The average Bonchev–Trinajstić information content (AvgIpc) is 2.94. The zero-order valence-electron chi connectivity index (χ0n) is 11.8. The van der Waals surface area contributed by atoms with Gasteiger partial charge < -0.3 is 4.98 Å². The van der Waals surface area contributed by atoms with E-state index in [1.165, 1.54) is 25.7 Å². The van der Waals surface area contributed by atoms with Gasteiger partial charge in [0.05, 0.1) is 11.4 Å². The van der Waals surface area contributed by atoms with E-state index in [0.29, 0.717) is 22.3 Å². The van der Waals surface area contributed by atoms with Crippen LogP contribution in [0.15, 0.2) is 0 Å². The van der Waals surface area contributed by atoms with Crippen LogP contribution in [0, 0.1) is 13.8 Å². The normalized spacial score (nSPS) is 15.9. The number of H-pyrrole nitrogens is 1. The minimum absolute atomic E-state index is 0.0220. The Kier molecular flexibility index (Phi) is 4.50. The van der Waals surface area contributed by atoms with Crippen molar-refractivity contribution in [2.45, 2.75) is 51.7 Å². The van der Waals surface area contributed by atoms with E-state index in [1.54, 1.807) is 18.7 Å². The quantitative estimate of drug-likeness (QED) is 0.836. The first-order chi connectivity index (χ1) is 9.00. The maximum Gasteiger partial charge on any atom is 0.189 e. The van der Waals surface area contributed by atoms with E-state index in [0.717, 1.165) is 11.3 Å². The number of carbonyl (C=O) groups excluding carboxylic acids is 2. The Labute approximate surface area is 118 Å². The van der Waals surface area contributed by atoms with Gasteiger partial charge in [0.25, 0.3) is 0 Å². The lowest BCUT2D eigenvalue weighted by Crippen LogP contribution is -2.08. The molecule has 0 atom stereocenters. The summed E-state index contributed by atoms with van der Waals surface area (Å²) in [4.78, 5) is 26.9. The third-order valence-corrected chi connectivity index (χ3v) is 5.19. The van der Waals surface area contributed by atoms with Crippen LogP contribution in [0.3, 0.4) is 0 Å². The number of nitrogens with one attached hydrogen (secondary N) is 1. The van der Waals surface area contributed by atoms with Gasteiger partial charge in [0.15, 0.2) is 11.6 Å². The van der Waals surface area contributed by atoms with Gasteiger partial charge in [0.1, 0.15) is 0 Å². The van der Waals surface area contributed by atoms with Gasteiger partial charge in [-0.05, 0) is 39.2 Å². The Morgan fingerprint density at radius 2 is 1.89 bits per heavy atom. The lowest BCUT2D eigenvalue weighted by molar-refractivity contribution is 0.101. The summed E-state index contributed by atoms with van der Waals surface area (Å²) < 4.78 is 0. The lowest BCUT2D eigenvalue weighted by Gasteiger charge is -2.07. The molecule has 1 saturated carbocycles. The van der Waals surface area contributed by atoms with Crippen molar-refractivity contribution in [3.05, 3.63) is 22.5 Å². The second-order valence-corrected chi connectivity index (χ2v) is 6.61. The fourth-order valence-electron chi connectivity index (χ4n) is 2.88. The minimum Gasteiger partial charge on any atom is -0.355 e. The van der Waals surface area contributed by atoms with Crippen molar-refractivity contribution in [1.29, 1.82) is 0 Å². The second kappa shape index (κ2) is 5.95. The van der Waals surface area contributed by atoms with E-state index in [1.807, 2.05) is 13.8 Å². The maximum absolute atomic E-state index is 12.2. The molecule has 3 nitrogen and oxygen atoms in total. The summed E-state index contributed by atoms with van der Waals surface area (Å²) >= 11 is 1.76. The Morgan fingerprint density at radius 3 is 2.42 bits per heavy atom. The van der Waals surface area contributed by atoms with E-state index >= 15 is 0 Å². The van der Waals surface area contributed by atoms with Crippen LogP contribution in [0.4, 0.5) is 0 Å². The molecule has 0 radical (unpaired) electrons. The second-order valence-electron chi connectivity index (χ2n) is 5.32. The standard InChI is InChI=1S/C15H21NO2S/c1-9-14(11(3)17)10(2)16-15(9)13(18)8-19-12-6-4-5-7-12/h12,16H,4-8H2,1-3H3. The molecule has 0 aliphatic heterocycles. The van der Waals surface area contributed by atoms with Crippen LogP contribution >= 0.6 is 11.8 Å². The van der Waals surface area contributed by atoms with E-state index in [4.69, 9.17) is 0 Å². The van der Waals surface area contributed by atoms with Crippen molar-refractivity contribution in [1.82, 2.24) is 4.98 Å². The molecule has 0 saturated heterocycles. The molecule has 0 unspecified atom stereocenters. The molecule has 0 spiro atoms. The Balaban J connectivity index is 2.06. The summed E-state index contributed by atoms with van der Waals surface area (Å²) in [5, 5.41) is 0.646. The smallest absolute Gasteiger partial charge is 0.189 e. The fraction of sp³-hybridized carbons (Fsp3) is 0.600. The van der Waals surface area contributed by atoms with Crippen molar-refractivity contribution < 1.29 is 9.59 Å². The molecule has 1 aromatic rings. The number of thioether (sulfide) groups is 1. The van der Waals surface area contributed by atoms with E-state index < -0.39 is 0 Å². The lowest BCUT2D eigenvalue weighted by atomic mass is 10.1. The molecule has 4 heteroatoms. The van der Waals surface area contributed by atoms with E-state index in [9.17, 15) is 9.59 Å². The number of rotatable bonds is 5.